The molecule has 0 aromatic heterocycles. The Hall–Kier alpha value is -2.23. The van der Waals surface area contributed by atoms with E-state index in [2.05, 4.69) is 5.32 Å². The van der Waals surface area contributed by atoms with Gasteiger partial charge in [-0.05, 0) is 18.2 Å². The van der Waals surface area contributed by atoms with Gasteiger partial charge in [-0.25, -0.2) is 0 Å². The van der Waals surface area contributed by atoms with Crippen molar-refractivity contribution < 1.29 is 14.3 Å². The number of hydrogen-bond donors (Lipinski definition) is 1. The maximum Gasteiger partial charge on any atom is 0.162 e. The fourth-order valence-corrected chi connectivity index (χ4v) is 1.74. The Labute approximate surface area is 106 Å². The molecule has 0 saturated heterocycles. The van der Waals surface area contributed by atoms with Crippen LogP contribution in [-0.2, 0) is 4.79 Å². The smallest absolute Gasteiger partial charge is 0.162 e. The number of benzene rings is 1. The van der Waals surface area contributed by atoms with Crippen molar-refractivity contribution in [3.8, 4) is 11.5 Å². The zero-order valence-corrected chi connectivity index (χ0v) is 10.4. The minimum atomic E-state index is 0.0977. The Morgan fingerprint density at radius 3 is 2.61 bits per heavy atom. The lowest BCUT2D eigenvalue weighted by Crippen LogP contribution is -2.05. The normalized spacial score (nSPS) is 14.1. The molecule has 1 aromatic rings. The lowest BCUT2D eigenvalue weighted by atomic mass is 10.1. The molecule has 1 aliphatic carbocycles. The molecule has 1 aromatic carbocycles. The van der Waals surface area contributed by atoms with Crippen molar-refractivity contribution in [1.82, 2.24) is 0 Å². The molecule has 18 heavy (non-hydrogen) atoms. The van der Waals surface area contributed by atoms with Gasteiger partial charge in [0.25, 0.3) is 0 Å². The molecule has 94 valence electrons. The first-order valence-electron chi connectivity index (χ1n) is 5.63. The molecular weight excluding hydrogens is 230 g/mol. The number of ketones is 1. The maximum absolute atomic E-state index is 11.3. The molecule has 0 amide bonds. The van der Waals surface area contributed by atoms with Gasteiger partial charge in [-0.3, -0.25) is 4.79 Å². The van der Waals surface area contributed by atoms with Gasteiger partial charge in [0.05, 0.1) is 14.2 Å². The van der Waals surface area contributed by atoms with E-state index in [-0.39, 0.29) is 5.78 Å². The summed E-state index contributed by atoms with van der Waals surface area (Å²) in [5.74, 6) is 1.42. The van der Waals surface area contributed by atoms with Crippen LogP contribution in [0.25, 0.3) is 0 Å². The summed E-state index contributed by atoms with van der Waals surface area (Å²) in [6.07, 6.45) is 5.79. The van der Waals surface area contributed by atoms with Gasteiger partial charge in [-0.2, -0.15) is 0 Å². The molecular formula is C14H15NO3. The van der Waals surface area contributed by atoms with Crippen molar-refractivity contribution in [3.63, 3.8) is 0 Å². The quantitative estimate of drug-likeness (QED) is 0.885. The third-order valence-electron chi connectivity index (χ3n) is 2.61. The molecule has 1 aliphatic rings. The number of ether oxygens (including phenoxy) is 2. The number of nitrogens with one attached hydrogen (secondary N) is 1. The monoisotopic (exact) mass is 245 g/mol. The van der Waals surface area contributed by atoms with Crippen LogP contribution in [0, 0.1) is 0 Å². The van der Waals surface area contributed by atoms with Gasteiger partial charge < -0.3 is 14.8 Å². The zero-order chi connectivity index (χ0) is 13.0. The van der Waals surface area contributed by atoms with Crippen molar-refractivity contribution in [2.75, 3.05) is 19.5 Å². The van der Waals surface area contributed by atoms with Crippen LogP contribution in [0.3, 0.4) is 0 Å². The average molecular weight is 245 g/mol. The maximum atomic E-state index is 11.3. The molecule has 0 fully saturated rings. The Balaban J connectivity index is 2.19. The second kappa shape index (κ2) is 5.40. The summed E-state index contributed by atoms with van der Waals surface area (Å²) in [6, 6.07) is 5.51. The van der Waals surface area contributed by atoms with Crippen molar-refractivity contribution >= 4 is 11.5 Å². The Morgan fingerprint density at radius 1 is 1.17 bits per heavy atom. The molecule has 4 heteroatoms. The fourth-order valence-electron chi connectivity index (χ4n) is 1.74. The van der Waals surface area contributed by atoms with Gasteiger partial charge in [0.1, 0.15) is 0 Å². The van der Waals surface area contributed by atoms with E-state index in [1.54, 1.807) is 20.3 Å². The van der Waals surface area contributed by atoms with E-state index in [1.165, 1.54) is 0 Å². The number of anilines is 1. The SMILES string of the molecule is COc1ccc(NC2=CC(=O)CC=C2)cc1OC. The van der Waals surface area contributed by atoms with Crippen LogP contribution in [-0.4, -0.2) is 20.0 Å². The van der Waals surface area contributed by atoms with Crippen LogP contribution < -0.4 is 14.8 Å². The Morgan fingerprint density at radius 2 is 1.94 bits per heavy atom. The van der Waals surface area contributed by atoms with Gasteiger partial charge in [-0.1, -0.05) is 6.08 Å². The average Bonchev–Trinajstić information content (AvgIpc) is 2.38. The lowest BCUT2D eigenvalue weighted by Gasteiger charge is -2.13. The Kier molecular flexibility index (Phi) is 3.67. The number of allylic oxidation sites excluding steroid dienone is 3. The molecule has 0 aliphatic heterocycles. The van der Waals surface area contributed by atoms with E-state index in [4.69, 9.17) is 9.47 Å². The number of hydrogen-bond acceptors (Lipinski definition) is 4. The number of methoxy groups -OCH3 is 2. The highest BCUT2D eigenvalue weighted by Crippen LogP contribution is 2.30. The largest absolute Gasteiger partial charge is 0.493 e. The molecule has 0 heterocycles. The third-order valence-corrected chi connectivity index (χ3v) is 2.61. The summed E-state index contributed by atoms with van der Waals surface area (Å²) in [6.45, 7) is 0. The molecule has 0 radical (unpaired) electrons. The molecule has 1 N–H and O–H groups in total. The summed E-state index contributed by atoms with van der Waals surface area (Å²) < 4.78 is 10.4. The van der Waals surface area contributed by atoms with Gasteiger partial charge in [0.15, 0.2) is 17.3 Å². The van der Waals surface area contributed by atoms with Crippen LogP contribution in [0.5, 0.6) is 11.5 Å². The van der Waals surface area contributed by atoms with Crippen LogP contribution in [0.1, 0.15) is 6.42 Å². The summed E-state index contributed by atoms with van der Waals surface area (Å²) in [5, 5.41) is 3.16. The summed E-state index contributed by atoms with van der Waals surface area (Å²) in [7, 11) is 3.18. The van der Waals surface area contributed by atoms with Crippen LogP contribution in [0.15, 0.2) is 42.1 Å². The van der Waals surface area contributed by atoms with Crippen molar-refractivity contribution in [2.24, 2.45) is 0 Å². The fraction of sp³-hybridized carbons (Fsp3) is 0.214. The standard InChI is InChI=1S/C14H15NO3/c1-17-13-7-6-11(9-14(13)18-2)15-10-4-3-5-12(16)8-10/h3-4,6-9,15H,5H2,1-2H3. The summed E-state index contributed by atoms with van der Waals surface area (Å²) >= 11 is 0. The van der Waals surface area contributed by atoms with Gasteiger partial charge in [0.2, 0.25) is 0 Å². The predicted molar refractivity (Wildman–Crippen MR) is 70.0 cm³/mol. The molecule has 0 unspecified atom stereocenters. The highest BCUT2D eigenvalue weighted by molar-refractivity contribution is 5.93. The zero-order valence-electron chi connectivity index (χ0n) is 10.4. The second-order valence-electron chi connectivity index (χ2n) is 3.87. The van der Waals surface area contributed by atoms with Crippen molar-refractivity contribution in [3.05, 3.63) is 42.1 Å². The van der Waals surface area contributed by atoms with E-state index in [1.807, 2.05) is 30.4 Å². The summed E-state index contributed by atoms with van der Waals surface area (Å²) in [5.41, 5.74) is 1.62. The lowest BCUT2D eigenvalue weighted by molar-refractivity contribution is -0.113. The highest BCUT2D eigenvalue weighted by atomic mass is 16.5. The molecule has 0 atom stereocenters. The summed E-state index contributed by atoms with van der Waals surface area (Å²) in [4.78, 5) is 11.3. The van der Waals surface area contributed by atoms with Crippen LogP contribution in [0.4, 0.5) is 5.69 Å². The van der Waals surface area contributed by atoms with E-state index < -0.39 is 0 Å². The van der Waals surface area contributed by atoms with E-state index in [0.29, 0.717) is 17.9 Å². The minimum absolute atomic E-state index is 0.0977. The van der Waals surface area contributed by atoms with Crippen molar-refractivity contribution in [1.29, 1.82) is 0 Å². The topological polar surface area (TPSA) is 47.6 Å². The van der Waals surface area contributed by atoms with Gasteiger partial charge in [-0.15, -0.1) is 0 Å². The highest BCUT2D eigenvalue weighted by Gasteiger charge is 2.07. The Bertz CT molecular complexity index is 518. The third kappa shape index (κ3) is 2.71. The van der Waals surface area contributed by atoms with E-state index in [9.17, 15) is 4.79 Å². The van der Waals surface area contributed by atoms with Crippen molar-refractivity contribution in [2.45, 2.75) is 6.42 Å². The molecule has 0 spiro atoms. The first-order valence-corrected chi connectivity index (χ1v) is 5.63. The molecule has 4 nitrogen and oxygen atoms in total. The van der Waals surface area contributed by atoms with Gasteiger partial charge >= 0.3 is 0 Å². The predicted octanol–water partition coefficient (Wildman–Crippen LogP) is 2.53. The van der Waals surface area contributed by atoms with E-state index in [0.717, 1.165) is 11.4 Å². The van der Waals surface area contributed by atoms with Crippen LogP contribution in [0.2, 0.25) is 0 Å². The molecule has 0 saturated carbocycles. The molecule has 2 rings (SSSR count). The van der Waals surface area contributed by atoms with Gasteiger partial charge in [0, 0.05) is 29.9 Å². The number of rotatable bonds is 4. The number of carbonyl (C=O) groups is 1. The minimum Gasteiger partial charge on any atom is -0.493 e. The second-order valence-corrected chi connectivity index (χ2v) is 3.87. The molecule has 0 bridgehead atoms. The van der Waals surface area contributed by atoms with Crippen LogP contribution >= 0.6 is 0 Å². The van der Waals surface area contributed by atoms with E-state index >= 15 is 0 Å². The first kappa shape index (κ1) is 12.2. The number of carbonyl (C=O) groups excluding carboxylic acids is 1. The first-order chi connectivity index (χ1) is 8.72.